The monoisotopic (exact) mass is 234 g/mol. The molecule has 88 valence electrons. The average molecular weight is 234 g/mol. The van der Waals surface area contributed by atoms with E-state index in [1.54, 1.807) is 36.4 Å². The minimum absolute atomic E-state index is 0.248. The van der Waals surface area contributed by atoms with Gasteiger partial charge >= 0.3 is 0 Å². The van der Waals surface area contributed by atoms with Crippen LogP contribution in [0.4, 0.5) is 8.78 Å². The summed E-state index contributed by atoms with van der Waals surface area (Å²) in [5.41, 5.74) is 1.70. The van der Waals surface area contributed by atoms with Gasteiger partial charge in [-0.15, -0.1) is 0 Å². The largest absolute Gasteiger partial charge is 0.392 e. The first-order valence-electron chi connectivity index (χ1n) is 5.30. The first-order chi connectivity index (χ1) is 8.27. The van der Waals surface area contributed by atoms with Crippen LogP contribution in [0.15, 0.2) is 42.5 Å². The fourth-order valence-electron chi connectivity index (χ4n) is 1.87. The molecule has 0 aliphatic carbocycles. The van der Waals surface area contributed by atoms with E-state index in [0.29, 0.717) is 22.3 Å². The van der Waals surface area contributed by atoms with Crippen molar-refractivity contribution in [1.82, 2.24) is 0 Å². The van der Waals surface area contributed by atoms with E-state index in [2.05, 4.69) is 0 Å². The normalized spacial score (nSPS) is 10.5. The van der Waals surface area contributed by atoms with Gasteiger partial charge < -0.3 is 5.11 Å². The molecule has 0 saturated carbocycles. The van der Waals surface area contributed by atoms with Crippen molar-refractivity contribution in [2.45, 2.75) is 13.3 Å². The van der Waals surface area contributed by atoms with E-state index >= 15 is 0 Å². The van der Waals surface area contributed by atoms with Gasteiger partial charge in [0.05, 0.1) is 6.61 Å². The Morgan fingerprint density at radius 2 is 1.65 bits per heavy atom. The van der Waals surface area contributed by atoms with Crippen molar-refractivity contribution in [3.63, 3.8) is 0 Å². The van der Waals surface area contributed by atoms with Crippen LogP contribution in [0.25, 0.3) is 11.1 Å². The highest BCUT2D eigenvalue weighted by Crippen LogP contribution is 2.29. The number of rotatable bonds is 3. The smallest absolute Gasteiger partial charge is 0.131 e. The Bertz CT molecular complexity index is 523. The molecule has 2 aromatic carbocycles. The first kappa shape index (κ1) is 11.7. The average Bonchev–Trinajstić information content (AvgIpc) is 2.38. The Morgan fingerprint density at radius 1 is 0.941 bits per heavy atom. The van der Waals surface area contributed by atoms with Crippen LogP contribution >= 0.6 is 0 Å². The predicted octanol–water partition coefficient (Wildman–Crippen LogP) is 3.45. The van der Waals surface area contributed by atoms with E-state index in [9.17, 15) is 8.78 Å². The zero-order chi connectivity index (χ0) is 12.3. The van der Waals surface area contributed by atoms with Crippen molar-refractivity contribution in [2.24, 2.45) is 0 Å². The third kappa shape index (κ3) is 2.19. The van der Waals surface area contributed by atoms with Crippen molar-refractivity contribution in [3.8, 4) is 11.1 Å². The Hall–Kier alpha value is -1.74. The minimum Gasteiger partial charge on any atom is -0.392 e. The van der Waals surface area contributed by atoms with Crippen LogP contribution in [0.2, 0.25) is 0 Å². The van der Waals surface area contributed by atoms with Gasteiger partial charge in [0.15, 0.2) is 0 Å². The van der Waals surface area contributed by atoms with Crippen molar-refractivity contribution in [3.05, 3.63) is 59.4 Å². The number of alkyl halides is 1. The molecule has 0 amide bonds. The second-order valence-corrected chi connectivity index (χ2v) is 3.71. The molecule has 2 rings (SSSR count). The fraction of sp³-hybridized carbons (Fsp3) is 0.143. The lowest BCUT2D eigenvalue weighted by Crippen LogP contribution is -1.96. The van der Waals surface area contributed by atoms with Gasteiger partial charge in [0, 0.05) is 5.56 Å². The molecular formula is C14H12F2O. The molecule has 0 aliphatic rings. The Labute approximate surface area is 98.3 Å². The Balaban J connectivity index is 2.63. The van der Waals surface area contributed by atoms with Crippen molar-refractivity contribution in [1.29, 1.82) is 0 Å². The molecule has 17 heavy (non-hydrogen) atoms. The fourth-order valence-corrected chi connectivity index (χ4v) is 1.87. The highest BCUT2D eigenvalue weighted by molar-refractivity contribution is 5.69. The van der Waals surface area contributed by atoms with Crippen LogP contribution in [0, 0.1) is 5.82 Å². The summed E-state index contributed by atoms with van der Waals surface area (Å²) in [5.74, 6) is -0.391. The van der Waals surface area contributed by atoms with Gasteiger partial charge in [-0.2, -0.15) is 0 Å². The number of hydrogen-bond acceptors (Lipinski definition) is 1. The van der Waals surface area contributed by atoms with Crippen LogP contribution in [-0.4, -0.2) is 5.11 Å². The maximum atomic E-state index is 13.6. The van der Waals surface area contributed by atoms with Gasteiger partial charge in [0.2, 0.25) is 0 Å². The number of aliphatic hydroxyl groups excluding tert-OH is 1. The number of aliphatic hydroxyl groups is 1. The van der Waals surface area contributed by atoms with Crippen LogP contribution in [0.3, 0.4) is 0 Å². The summed E-state index contributed by atoms with van der Waals surface area (Å²) in [6, 6.07) is 11.2. The molecule has 0 aromatic heterocycles. The maximum Gasteiger partial charge on any atom is 0.131 e. The highest BCUT2D eigenvalue weighted by Gasteiger charge is 2.12. The molecule has 0 radical (unpaired) electrons. The SMILES string of the molecule is OCc1cccc(-c2ccccc2F)c1CF. The summed E-state index contributed by atoms with van der Waals surface area (Å²) < 4.78 is 26.7. The predicted molar refractivity (Wildman–Crippen MR) is 62.6 cm³/mol. The standard InChI is InChI=1S/C14H12F2O/c15-8-13-10(9-17)4-3-6-11(13)12-5-1-2-7-14(12)16/h1-7,17H,8-9H2. The van der Waals surface area contributed by atoms with Gasteiger partial charge in [-0.25, -0.2) is 8.78 Å². The second kappa shape index (κ2) is 5.06. The molecule has 1 N–H and O–H groups in total. The van der Waals surface area contributed by atoms with Crippen LogP contribution in [-0.2, 0) is 13.3 Å². The lowest BCUT2D eigenvalue weighted by atomic mass is 9.96. The van der Waals surface area contributed by atoms with Gasteiger partial charge in [-0.05, 0) is 22.8 Å². The molecule has 1 nitrogen and oxygen atoms in total. The van der Waals surface area contributed by atoms with Crippen molar-refractivity contribution < 1.29 is 13.9 Å². The van der Waals surface area contributed by atoms with E-state index in [-0.39, 0.29) is 6.61 Å². The van der Waals surface area contributed by atoms with Gasteiger partial charge in [0.1, 0.15) is 12.5 Å². The van der Waals surface area contributed by atoms with Gasteiger partial charge in [0.25, 0.3) is 0 Å². The summed E-state index contributed by atoms with van der Waals surface area (Å²) in [5, 5.41) is 9.13. The van der Waals surface area contributed by atoms with Crippen molar-refractivity contribution in [2.75, 3.05) is 0 Å². The molecule has 0 aliphatic heterocycles. The second-order valence-electron chi connectivity index (χ2n) is 3.71. The van der Waals surface area contributed by atoms with Gasteiger partial charge in [-0.3, -0.25) is 0 Å². The molecule has 0 saturated heterocycles. The molecule has 2 aromatic rings. The topological polar surface area (TPSA) is 20.2 Å². The van der Waals surface area contributed by atoms with Gasteiger partial charge in [-0.1, -0.05) is 36.4 Å². The molecule has 3 heteroatoms. The maximum absolute atomic E-state index is 13.6. The summed E-state index contributed by atoms with van der Waals surface area (Å²) in [7, 11) is 0. The van der Waals surface area contributed by atoms with E-state index < -0.39 is 12.5 Å². The minimum atomic E-state index is -0.722. The molecular weight excluding hydrogens is 222 g/mol. The Morgan fingerprint density at radius 3 is 2.29 bits per heavy atom. The molecule has 0 spiro atoms. The van der Waals surface area contributed by atoms with E-state index in [0.717, 1.165) is 0 Å². The van der Waals surface area contributed by atoms with E-state index in [1.165, 1.54) is 6.07 Å². The van der Waals surface area contributed by atoms with E-state index in [1.807, 2.05) is 0 Å². The summed E-state index contributed by atoms with van der Waals surface area (Å²) in [6.07, 6.45) is 0. The lowest BCUT2D eigenvalue weighted by molar-refractivity contribution is 0.279. The number of hydrogen-bond donors (Lipinski definition) is 1. The zero-order valence-corrected chi connectivity index (χ0v) is 9.16. The molecule has 0 bridgehead atoms. The third-order valence-corrected chi connectivity index (χ3v) is 2.74. The van der Waals surface area contributed by atoms with Crippen LogP contribution in [0.5, 0.6) is 0 Å². The summed E-state index contributed by atoms with van der Waals surface area (Å²) in [6.45, 7) is -0.970. The molecule has 0 fully saturated rings. The van der Waals surface area contributed by atoms with Crippen LogP contribution < -0.4 is 0 Å². The lowest BCUT2D eigenvalue weighted by Gasteiger charge is -2.11. The van der Waals surface area contributed by atoms with Crippen LogP contribution in [0.1, 0.15) is 11.1 Å². The van der Waals surface area contributed by atoms with Crippen molar-refractivity contribution >= 4 is 0 Å². The summed E-state index contributed by atoms with van der Waals surface area (Å²) in [4.78, 5) is 0. The number of halogens is 2. The highest BCUT2D eigenvalue weighted by atomic mass is 19.1. The quantitative estimate of drug-likeness (QED) is 0.862. The summed E-state index contributed by atoms with van der Waals surface area (Å²) >= 11 is 0. The molecule has 0 heterocycles. The molecule has 0 unspecified atom stereocenters. The van der Waals surface area contributed by atoms with E-state index in [4.69, 9.17) is 5.11 Å². The first-order valence-corrected chi connectivity index (χ1v) is 5.30. The number of benzene rings is 2. The zero-order valence-electron chi connectivity index (χ0n) is 9.16. The third-order valence-electron chi connectivity index (χ3n) is 2.74. The Kier molecular flexibility index (Phi) is 3.49. The molecule has 0 atom stereocenters.